The van der Waals surface area contributed by atoms with Crippen LogP contribution >= 0.6 is 11.6 Å². The maximum absolute atomic E-state index is 6.33. The van der Waals surface area contributed by atoms with Crippen molar-refractivity contribution in [1.82, 2.24) is 4.98 Å². The summed E-state index contributed by atoms with van der Waals surface area (Å²) in [6.07, 6.45) is 5.10. The molecule has 2 atom stereocenters. The number of rotatable bonds is 3. The van der Waals surface area contributed by atoms with Crippen molar-refractivity contribution in [3.05, 3.63) is 54.2 Å². The third-order valence-electron chi connectivity index (χ3n) is 2.45. The molecule has 0 saturated carbocycles. The molecule has 0 aliphatic rings. The van der Waals surface area contributed by atoms with Crippen LogP contribution in [0.25, 0.3) is 0 Å². The number of aromatic nitrogens is 1. The average Bonchev–Trinajstić information content (AvgIpc) is 2.82. The van der Waals surface area contributed by atoms with Crippen molar-refractivity contribution in [1.29, 1.82) is 0 Å². The Morgan fingerprint density at radius 2 is 2.20 bits per heavy atom. The van der Waals surface area contributed by atoms with E-state index in [1.165, 1.54) is 0 Å². The van der Waals surface area contributed by atoms with Crippen molar-refractivity contribution in [2.75, 3.05) is 0 Å². The average molecular weight is 222 g/mol. The fraction of sp³-hybridized carbons (Fsp3) is 0.250. The topological polar surface area (TPSA) is 26.0 Å². The van der Waals surface area contributed by atoms with E-state index in [0.29, 0.717) is 0 Å². The van der Waals surface area contributed by atoms with Gasteiger partial charge < -0.3 is 4.42 Å². The molecular formula is C12H12ClNO. The summed E-state index contributed by atoms with van der Waals surface area (Å²) in [5.41, 5.74) is 1.99. The maximum Gasteiger partial charge on any atom is 0.0949 e. The number of pyridine rings is 1. The van der Waals surface area contributed by atoms with Gasteiger partial charge in [0.2, 0.25) is 0 Å². The first-order valence-electron chi connectivity index (χ1n) is 4.86. The minimum absolute atomic E-state index is 0.0985. The molecule has 2 heterocycles. The van der Waals surface area contributed by atoms with Gasteiger partial charge in [0.1, 0.15) is 0 Å². The molecule has 0 aliphatic carbocycles. The van der Waals surface area contributed by atoms with Crippen molar-refractivity contribution in [2.24, 2.45) is 0 Å². The molecule has 0 radical (unpaired) electrons. The highest BCUT2D eigenvalue weighted by Gasteiger charge is 2.19. The zero-order valence-corrected chi connectivity index (χ0v) is 9.19. The molecule has 3 heteroatoms. The molecule has 0 bridgehead atoms. The van der Waals surface area contributed by atoms with Gasteiger partial charge in [-0.25, -0.2) is 0 Å². The lowest BCUT2D eigenvalue weighted by molar-refractivity contribution is 0.560. The zero-order valence-electron chi connectivity index (χ0n) is 8.43. The van der Waals surface area contributed by atoms with Gasteiger partial charge in [0.25, 0.3) is 0 Å². The smallest absolute Gasteiger partial charge is 0.0949 e. The number of furan rings is 1. The van der Waals surface area contributed by atoms with Crippen LogP contribution in [-0.2, 0) is 0 Å². The molecule has 2 nitrogen and oxygen atoms in total. The van der Waals surface area contributed by atoms with Crippen molar-refractivity contribution in [3.8, 4) is 0 Å². The lowest BCUT2D eigenvalue weighted by Crippen LogP contribution is -2.03. The lowest BCUT2D eigenvalue weighted by atomic mass is 9.99. The standard InChI is InChI=1S/C12H12ClNO/c1-9(11-4-2-3-6-14-11)12(13)10-5-7-15-8-10/h2-9,12H,1H3. The Hall–Kier alpha value is -1.28. The fourth-order valence-electron chi connectivity index (χ4n) is 1.52. The highest BCUT2D eigenvalue weighted by atomic mass is 35.5. The predicted molar refractivity (Wildman–Crippen MR) is 60.0 cm³/mol. The number of nitrogens with zero attached hydrogens (tertiary/aromatic N) is 1. The molecule has 0 saturated heterocycles. The van der Waals surface area contributed by atoms with Crippen LogP contribution in [0.15, 0.2) is 47.4 Å². The molecular weight excluding hydrogens is 210 g/mol. The molecule has 2 rings (SSSR count). The Balaban J connectivity index is 2.18. The SMILES string of the molecule is CC(c1ccccn1)C(Cl)c1ccoc1. The second-order valence-electron chi connectivity index (χ2n) is 3.50. The Morgan fingerprint density at radius 1 is 1.33 bits per heavy atom. The molecule has 0 aliphatic heterocycles. The number of alkyl halides is 1. The van der Waals surface area contributed by atoms with Crippen LogP contribution in [-0.4, -0.2) is 4.98 Å². The molecule has 0 aromatic carbocycles. The fourth-order valence-corrected chi connectivity index (χ4v) is 1.77. The summed E-state index contributed by atoms with van der Waals surface area (Å²) in [5, 5.41) is -0.0985. The van der Waals surface area contributed by atoms with Gasteiger partial charge in [-0.05, 0) is 18.2 Å². The lowest BCUT2D eigenvalue weighted by Gasteiger charge is -2.15. The van der Waals surface area contributed by atoms with Crippen molar-refractivity contribution in [2.45, 2.75) is 18.2 Å². The van der Waals surface area contributed by atoms with Gasteiger partial charge in [-0.1, -0.05) is 13.0 Å². The second-order valence-corrected chi connectivity index (χ2v) is 3.97. The first kappa shape index (κ1) is 10.2. The van der Waals surface area contributed by atoms with Crippen LogP contribution in [0.4, 0.5) is 0 Å². The number of halogens is 1. The molecule has 2 aromatic rings. The normalized spacial score (nSPS) is 14.8. The van der Waals surface area contributed by atoms with E-state index in [4.69, 9.17) is 16.0 Å². The molecule has 0 amide bonds. The van der Waals surface area contributed by atoms with E-state index in [2.05, 4.69) is 11.9 Å². The van der Waals surface area contributed by atoms with Crippen molar-refractivity contribution in [3.63, 3.8) is 0 Å². The van der Waals surface area contributed by atoms with E-state index in [1.807, 2.05) is 24.3 Å². The summed E-state index contributed by atoms with van der Waals surface area (Å²) >= 11 is 6.33. The second kappa shape index (κ2) is 4.49. The van der Waals surface area contributed by atoms with Crippen LogP contribution < -0.4 is 0 Å². The van der Waals surface area contributed by atoms with Gasteiger partial charge in [0.15, 0.2) is 0 Å². The van der Waals surface area contributed by atoms with E-state index >= 15 is 0 Å². The highest BCUT2D eigenvalue weighted by molar-refractivity contribution is 6.21. The summed E-state index contributed by atoms with van der Waals surface area (Å²) in [5.74, 6) is 0.172. The van der Waals surface area contributed by atoms with Gasteiger partial charge in [0, 0.05) is 23.4 Å². The van der Waals surface area contributed by atoms with Gasteiger partial charge in [-0.2, -0.15) is 0 Å². The Bertz CT molecular complexity index is 399. The summed E-state index contributed by atoms with van der Waals surface area (Å²) < 4.78 is 5.02. The third-order valence-corrected chi connectivity index (χ3v) is 3.08. The minimum Gasteiger partial charge on any atom is -0.472 e. The summed E-state index contributed by atoms with van der Waals surface area (Å²) in [4.78, 5) is 4.29. The van der Waals surface area contributed by atoms with E-state index in [9.17, 15) is 0 Å². The number of hydrogen-bond acceptors (Lipinski definition) is 2. The van der Waals surface area contributed by atoms with Gasteiger partial charge >= 0.3 is 0 Å². The largest absolute Gasteiger partial charge is 0.472 e. The highest BCUT2D eigenvalue weighted by Crippen LogP contribution is 2.34. The minimum atomic E-state index is -0.0985. The van der Waals surface area contributed by atoms with Crippen molar-refractivity contribution >= 4 is 11.6 Å². The molecule has 0 fully saturated rings. The van der Waals surface area contributed by atoms with Crippen LogP contribution in [0.3, 0.4) is 0 Å². The van der Waals surface area contributed by atoms with Crippen LogP contribution in [0.1, 0.15) is 29.5 Å². The Labute approximate surface area is 93.9 Å². The molecule has 0 N–H and O–H groups in total. The molecule has 0 spiro atoms. The van der Waals surface area contributed by atoms with Crippen molar-refractivity contribution < 1.29 is 4.42 Å². The summed E-state index contributed by atoms with van der Waals surface area (Å²) in [7, 11) is 0. The van der Waals surface area contributed by atoms with Crippen LogP contribution in [0, 0.1) is 0 Å². The first-order chi connectivity index (χ1) is 7.29. The Kier molecular flexibility index (Phi) is 3.07. The third kappa shape index (κ3) is 2.21. The van der Waals surface area contributed by atoms with E-state index in [1.54, 1.807) is 18.7 Å². The van der Waals surface area contributed by atoms with E-state index in [-0.39, 0.29) is 11.3 Å². The van der Waals surface area contributed by atoms with Gasteiger partial charge in [-0.15, -0.1) is 11.6 Å². The predicted octanol–water partition coefficient (Wildman–Crippen LogP) is 3.76. The van der Waals surface area contributed by atoms with E-state index < -0.39 is 0 Å². The molecule has 15 heavy (non-hydrogen) atoms. The monoisotopic (exact) mass is 221 g/mol. The quantitative estimate of drug-likeness (QED) is 0.738. The van der Waals surface area contributed by atoms with Crippen LogP contribution in [0.2, 0.25) is 0 Å². The molecule has 78 valence electrons. The first-order valence-corrected chi connectivity index (χ1v) is 5.30. The maximum atomic E-state index is 6.33. The summed E-state index contributed by atoms with van der Waals surface area (Å²) in [6, 6.07) is 7.74. The van der Waals surface area contributed by atoms with E-state index in [0.717, 1.165) is 11.3 Å². The summed E-state index contributed by atoms with van der Waals surface area (Å²) in [6.45, 7) is 2.06. The number of hydrogen-bond donors (Lipinski definition) is 0. The van der Waals surface area contributed by atoms with Gasteiger partial charge in [0.05, 0.1) is 17.9 Å². The molecule has 2 unspecified atom stereocenters. The molecule has 2 aromatic heterocycles. The van der Waals surface area contributed by atoms with Crippen LogP contribution in [0.5, 0.6) is 0 Å². The Morgan fingerprint density at radius 3 is 2.80 bits per heavy atom. The van der Waals surface area contributed by atoms with Gasteiger partial charge in [-0.3, -0.25) is 4.98 Å². The zero-order chi connectivity index (χ0) is 10.7.